The lowest BCUT2D eigenvalue weighted by atomic mass is 10.1. The van der Waals surface area contributed by atoms with Crippen LogP contribution in [0, 0.1) is 6.92 Å². The van der Waals surface area contributed by atoms with Gasteiger partial charge in [0.2, 0.25) is 5.91 Å². The number of halogens is 1. The molecule has 1 aromatic rings. The maximum atomic E-state index is 11.5. The smallest absolute Gasteiger partial charge is 0.233 e. The number of piperidine rings is 1. The zero-order chi connectivity index (χ0) is 20.5. The van der Waals surface area contributed by atoms with Crippen LogP contribution >= 0.6 is 24.0 Å². The Bertz CT molecular complexity index is 671. The van der Waals surface area contributed by atoms with Crippen molar-refractivity contribution in [2.45, 2.75) is 39.3 Å². The summed E-state index contributed by atoms with van der Waals surface area (Å²) >= 11 is 0. The number of carbonyl (C=O) groups excluding carboxylic acids is 1. The molecule has 0 radical (unpaired) electrons. The number of likely N-dealkylation sites (tertiary alicyclic amines) is 1. The van der Waals surface area contributed by atoms with Crippen LogP contribution in [0.1, 0.15) is 30.9 Å². The third-order valence-electron chi connectivity index (χ3n) is 5.17. The van der Waals surface area contributed by atoms with E-state index in [2.05, 4.69) is 71.9 Å². The predicted octanol–water partition coefficient (Wildman–Crippen LogP) is 1.94. The molecular weight excluding hydrogens is 479 g/mol. The molecule has 1 heterocycles. The van der Waals surface area contributed by atoms with Gasteiger partial charge in [-0.3, -0.25) is 9.69 Å². The van der Waals surface area contributed by atoms with Crippen molar-refractivity contribution in [1.29, 1.82) is 0 Å². The second-order valence-electron chi connectivity index (χ2n) is 7.57. The number of anilines is 1. The van der Waals surface area contributed by atoms with E-state index >= 15 is 0 Å². The molecule has 1 saturated heterocycles. The van der Waals surface area contributed by atoms with Crippen LogP contribution in [0.4, 0.5) is 5.69 Å². The zero-order valence-electron chi connectivity index (χ0n) is 18.4. The molecule has 29 heavy (non-hydrogen) atoms. The van der Waals surface area contributed by atoms with E-state index in [0.29, 0.717) is 19.1 Å². The summed E-state index contributed by atoms with van der Waals surface area (Å²) in [4.78, 5) is 20.6. The summed E-state index contributed by atoms with van der Waals surface area (Å²) in [5.74, 6) is 0.945. The number of nitrogens with zero attached hydrogens (tertiary/aromatic N) is 3. The quantitative estimate of drug-likeness (QED) is 0.294. The first-order valence-corrected chi connectivity index (χ1v) is 10.2. The van der Waals surface area contributed by atoms with Crippen molar-refractivity contribution in [3.8, 4) is 0 Å². The highest BCUT2D eigenvalue weighted by Crippen LogP contribution is 2.18. The molecule has 164 valence electrons. The van der Waals surface area contributed by atoms with Crippen molar-refractivity contribution in [2.24, 2.45) is 4.99 Å². The number of aliphatic imine (C=N–C) groups is 1. The lowest BCUT2D eigenvalue weighted by Crippen LogP contribution is -2.50. The van der Waals surface area contributed by atoms with Gasteiger partial charge >= 0.3 is 0 Å². The summed E-state index contributed by atoms with van der Waals surface area (Å²) in [5.41, 5.74) is 3.70. The summed E-state index contributed by atoms with van der Waals surface area (Å²) in [6, 6.07) is 6.89. The minimum atomic E-state index is 0. The first-order chi connectivity index (χ1) is 13.4. The number of aryl methyl sites for hydroxylation is 1. The number of likely N-dealkylation sites (N-methyl/N-ethyl adjacent to an activating group) is 1. The molecule has 1 aliphatic heterocycles. The van der Waals surface area contributed by atoms with E-state index in [1.54, 1.807) is 7.05 Å². The molecule has 1 aliphatic rings. The first kappa shape index (κ1) is 25.5. The Morgan fingerprint density at radius 2 is 1.97 bits per heavy atom. The number of nitrogens with one attached hydrogen (secondary N) is 3. The van der Waals surface area contributed by atoms with Crippen LogP contribution in [0.3, 0.4) is 0 Å². The number of benzene rings is 1. The van der Waals surface area contributed by atoms with Crippen molar-refractivity contribution in [3.05, 3.63) is 29.3 Å². The molecule has 1 fully saturated rings. The Hall–Kier alpha value is -1.55. The maximum absolute atomic E-state index is 11.5. The predicted molar refractivity (Wildman–Crippen MR) is 132 cm³/mol. The summed E-state index contributed by atoms with van der Waals surface area (Å²) in [6.07, 6.45) is 2.02. The highest BCUT2D eigenvalue weighted by molar-refractivity contribution is 14.0. The summed E-state index contributed by atoms with van der Waals surface area (Å²) in [7, 11) is 5.80. The number of hydrogen-bond acceptors (Lipinski definition) is 4. The lowest BCUT2D eigenvalue weighted by molar-refractivity contribution is -0.122. The number of rotatable bonds is 7. The molecule has 0 spiro atoms. The standard InChI is InChI=1S/C21H36N6O.HI/c1-6-23-21(24-14-17-7-8-19(26(4)5)13-16(17)2)25-18-9-11-27(12-10-18)15-20(28)22-3;/h7-8,13,18H,6,9-12,14-15H2,1-5H3,(H,22,28)(H2,23,24,25);1H. The van der Waals surface area contributed by atoms with Crippen LogP contribution in [0.5, 0.6) is 0 Å². The largest absolute Gasteiger partial charge is 0.378 e. The maximum Gasteiger partial charge on any atom is 0.233 e. The van der Waals surface area contributed by atoms with E-state index in [4.69, 9.17) is 4.99 Å². The van der Waals surface area contributed by atoms with Gasteiger partial charge in [0.25, 0.3) is 0 Å². The van der Waals surface area contributed by atoms with Crippen molar-refractivity contribution >= 4 is 41.5 Å². The van der Waals surface area contributed by atoms with Gasteiger partial charge in [-0.15, -0.1) is 24.0 Å². The number of hydrogen-bond donors (Lipinski definition) is 3. The third kappa shape index (κ3) is 8.38. The summed E-state index contributed by atoms with van der Waals surface area (Å²) in [5, 5.41) is 9.61. The molecular formula is C21H37IN6O. The van der Waals surface area contributed by atoms with Gasteiger partial charge in [0, 0.05) is 52.5 Å². The summed E-state index contributed by atoms with van der Waals surface area (Å²) < 4.78 is 0. The monoisotopic (exact) mass is 516 g/mol. The van der Waals surface area contributed by atoms with E-state index in [1.165, 1.54) is 16.8 Å². The Morgan fingerprint density at radius 3 is 2.52 bits per heavy atom. The van der Waals surface area contributed by atoms with Crippen LogP contribution < -0.4 is 20.9 Å². The lowest BCUT2D eigenvalue weighted by Gasteiger charge is -2.32. The van der Waals surface area contributed by atoms with E-state index < -0.39 is 0 Å². The molecule has 1 amide bonds. The fraction of sp³-hybridized carbons (Fsp3) is 0.619. The number of guanidine groups is 1. The molecule has 7 nitrogen and oxygen atoms in total. The fourth-order valence-corrected chi connectivity index (χ4v) is 3.33. The van der Waals surface area contributed by atoms with Crippen LogP contribution in [-0.2, 0) is 11.3 Å². The number of amides is 1. The first-order valence-electron chi connectivity index (χ1n) is 10.2. The summed E-state index contributed by atoms with van der Waals surface area (Å²) in [6.45, 7) is 8.05. The topological polar surface area (TPSA) is 72.0 Å². The van der Waals surface area contributed by atoms with Crippen LogP contribution in [0.25, 0.3) is 0 Å². The van der Waals surface area contributed by atoms with Gasteiger partial charge in [-0.1, -0.05) is 6.07 Å². The highest BCUT2D eigenvalue weighted by atomic mass is 127. The minimum Gasteiger partial charge on any atom is -0.378 e. The molecule has 1 aromatic carbocycles. The van der Waals surface area contributed by atoms with E-state index in [-0.39, 0.29) is 29.9 Å². The van der Waals surface area contributed by atoms with Gasteiger partial charge in [-0.05, 0) is 49.9 Å². The average Bonchev–Trinajstić information content (AvgIpc) is 2.68. The molecule has 0 aliphatic carbocycles. The second kappa shape index (κ2) is 12.9. The average molecular weight is 516 g/mol. The van der Waals surface area contributed by atoms with Crippen molar-refractivity contribution < 1.29 is 4.79 Å². The van der Waals surface area contributed by atoms with Crippen molar-refractivity contribution in [2.75, 3.05) is 52.2 Å². The molecule has 0 aromatic heterocycles. The molecule has 0 unspecified atom stereocenters. The molecule has 8 heteroatoms. The van der Waals surface area contributed by atoms with E-state index in [0.717, 1.165) is 38.4 Å². The highest BCUT2D eigenvalue weighted by Gasteiger charge is 2.21. The van der Waals surface area contributed by atoms with Crippen molar-refractivity contribution in [3.63, 3.8) is 0 Å². The van der Waals surface area contributed by atoms with Crippen LogP contribution in [0.2, 0.25) is 0 Å². The molecule has 0 atom stereocenters. The third-order valence-corrected chi connectivity index (χ3v) is 5.17. The van der Waals surface area contributed by atoms with Gasteiger partial charge in [-0.25, -0.2) is 4.99 Å². The fourth-order valence-electron chi connectivity index (χ4n) is 3.33. The van der Waals surface area contributed by atoms with Gasteiger partial charge < -0.3 is 20.9 Å². The van der Waals surface area contributed by atoms with Gasteiger partial charge in [0.05, 0.1) is 13.1 Å². The van der Waals surface area contributed by atoms with E-state index in [9.17, 15) is 4.79 Å². The number of carbonyl (C=O) groups is 1. The van der Waals surface area contributed by atoms with Gasteiger partial charge in [0.1, 0.15) is 0 Å². The molecule has 2 rings (SSSR count). The second-order valence-corrected chi connectivity index (χ2v) is 7.57. The molecule has 0 bridgehead atoms. The van der Waals surface area contributed by atoms with Crippen LogP contribution in [0.15, 0.2) is 23.2 Å². The Morgan fingerprint density at radius 1 is 1.28 bits per heavy atom. The Kier molecular flexibility index (Phi) is 11.3. The van der Waals surface area contributed by atoms with Crippen LogP contribution in [-0.4, -0.2) is 70.1 Å². The Balaban J connectivity index is 0.00000420. The molecule has 3 N–H and O–H groups in total. The minimum absolute atomic E-state index is 0. The van der Waals surface area contributed by atoms with Gasteiger partial charge in [0.15, 0.2) is 5.96 Å². The Labute approximate surface area is 192 Å². The van der Waals surface area contributed by atoms with Crippen molar-refractivity contribution in [1.82, 2.24) is 20.9 Å². The zero-order valence-corrected chi connectivity index (χ0v) is 20.7. The van der Waals surface area contributed by atoms with E-state index in [1.807, 2.05) is 0 Å². The SMILES string of the molecule is CCNC(=NCc1ccc(N(C)C)cc1C)NC1CCN(CC(=O)NC)CC1.I. The van der Waals surface area contributed by atoms with Gasteiger partial charge in [-0.2, -0.15) is 0 Å². The normalized spacial score (nSPS) is 15.4. The molecule has 0 saturated carbocycles.